The second-order valence-electron chi connectivity index (χ2n) is 7.69. The highest BCUT2D eigenvalue weighted by Gasteiger charge is 2.39. The summed E-state index contributed by atoms with van der Waals surface area (Å²) in [5, 5.41) is 8.77. The summed E-state index contributed by atoms with van der Waals surface area (Å²) in [4.78, 5) is 2.31. The van der Waals surface area contributed by atoms with E-state index in [4.69, 9.17) is 9.47 Å². The van der Waals surface area contributed by atoms with Crippen LogP contribution in [0.4, 0.5) is 11.4 Å². The van der Waals surface area contributed by atoms with E-state index in [-0.39, 0.29) is 5.41 Å². The SMILES string of the molecule is CCCCOCCN1/C(=C/N=Nc2ccc(OC)cc2)C(C)(C)c2ccccc21. The topological polar surface area (TPSA) is 46.4 Å². The highest BCUT2D eigenvalue weighted by molar-refractivity contribution is 5.70. The minimum absolute atomic E-state index is 0.140. The molecule has 1 heterocycles. The van der Waals surface area contributed by atoms with Crippen LogP contribution in [0.3, 0.4) is 0 Å². The first-order valence-corrected chi connectivity index (χ1v) is 10.3. The summed E-state index contributed by atoms with van der Waals surface area (Å²) in [7, 11) is 1.65. The number of hydrogen-bond donors (Lipinski definition) is 0. The smallest absolute Gasteiger partial charge is 0.119 e. The van der Waals surface area contributed by atoms with Gasteiger partial charge in [0.2, 0.25) is 0 Å². The van der Waals surface area contributed by atoms with Gasteiger partial charge in [-0.2, -0.15) is 10.2 Å². The van der Waals surface area contributed by atoms with E-state index in [9.17, 15) is 0 Å². The lowest BCUT2D eigenvalue weighted by Gasteiger charge is -2.26. The van der Waals surface area contributed by atoms with Crippen LogP contribution in [0.1, 0.15) is 39.2 Å². The van der Waals surface area contributed by atoms with Gasteiger partial charge in [-0.3, -0.25) is 0 Å². The predicted octanol–water partition coefficient (Wildman–Crippen LogP) is 6.23. The first kappa shape index (κ1) is 21.1. The summed E-state index contributed by atoms with van der Waals surface area (Å²) >= 11 is 0. The zero-order valence-electron chi connectivity index (χ0n) is 17.9. The van der Waals surface area contributed by atoms with Gasteiger partial charge in [0, 0.05) is 30.0 Å². The molecule has 0 saturated heterocycles. The van der Waals surface area contributed by atoms with E-state index >= 15 is 0 Å². The number of fused-ring (bicyclic) bond motifs is 1. The number of hydrogen-bond acceptors (Lipinski definition) is 5. The van der Waals surface area contributed by atoms with Gasteiger partial charge < -0.3 is 14.4 Å². The number of ether oxygens (including phenoxy) is 2. The van der Waals surface area contributed by atoms with Gasteiger partial charge >= 0.3 is 0 Å². The molecular formula is C24H31N3O2. The first-order chi connectivity index (χ1) is 14.1. The molecule has 5 heteroatoms. The van der Waals surface area contributed by atoms with Crippen LogP contribution in [0.15, 0.2) is 70.7 Å². The van der Waals surface area contributed by atoms with Gasteiger partial charge in [0.05, 0.1) is 25.6 Å². The Morgan fingerprint density at radius 1 is 1.03 bits per heavy atom. The molecule has 0 unspecified atom stereocenters. The van der Waals surface area contributed by atoms with Crippen molar-refractivity contribution >= 4 is 11.4 Å². The van der Waals surface area contributed by atoms with Crippen LogP contribution in [0.2, 0.25) is 0 Å². The summed E-state index contributed by atoms with van der Waals surface area (Å²) in [6.45, 7) is 8.95. The van der Waals surface area contributed by atoms with Crippen LogP contribution in [0.5, 0.6) is 5.75 Å². The molecule has 154 valence electrons. The average molecular weight is 394 g/mol. The largest absolute Gasteiger partial charge is 0.497 e. The Morgan fingerprint density at radius 2 is 1.79 bits per heavy atom. The molecule has 2 aromatic rings. The fourth-order valence-corrected chi connectivity index (χ4v) is 3.62. The molecule has 0 aromatic heterocycles. The monoisotopic (exact) mass is 393 g/mol. The lowest BCUT2D eigenvalue weighted by Crippen LogP contribution is -2.29. The van der Waals surface area contributed by atoms with E-state index in [1.165, 1.54) is 11.3 Å². The number of nitrogens with zero attached hydrogens (tertiary/aromatic N) is 3. The minimum Gasteiger partial charge on any atom is -0.497 e. The van der Waals surface area contributed by atoms with E-state index < -0.39 is 0 Å². The van der Waals surface area contributed by atoms with Crippen LogP contribution < -0.4 is 9.64 Å². The summed E-state index contributed by atoms with van der Waals surface area (Å²) in [6, 6.07) is 16.1. The van der Waals surface area contributed by atoms with Crippen LogP contribution in [-0.4, -0.2) is 26.9 Å². The van der Waals surface area contributed by atoms with E-state index in [2.05, 4.69) is 60.2 Å². The third kappa shape index (κ3) is 4.85. The number of allylic oxidation sites excluding steroid dienone is 1. The predicted molar refractivity (Wildman–Crippen MR) is 118 cm³/mol. The van der Waals surface area contributed by atoms with Gasteiger partial charge in [0.15, 0.2) is 0 Å². The van der Waals surface area contributed by atoms with Crippen molar-refractivity contribution in [2.45, 2.75) is 39.0 Å². The Morgan fingerprint density at radius 3 is 2.52 bits per heavy atom. The summed E-state index contributed by atoms with van der Waals surface area (Å²) in [5.41, 5.74) is 4.32. The van der Waals surface area contributed by atoms with Gasteiger partial charge in [-0.05, 0) is 42.3 Å². The highest BCUT2D eigenvalue weighted by atomic mass is 16.5. The Kier molecular flexibility index (Phi) is 7.04. The number of benzene rings is 2. The lowest BCUT2D eigenvalue weighted by atomic mass is 9.84. The molecule has 1 aliphatic rings. The van der Waals surface area contributed by atoms with Crippen molar-refractivity contribution in [3.05, 3.63) is 66.0 Å². The normalized spacial score (nSPS) is 16.6. The van der Waals surface area contributed by atoms with Crippen molar-refractivity contribution in [2.75, 3.05) is 31.8 Å². The molecule has 0 N–H and O–H groups in total. The minimum atomic E-state index is -0.140. The van der Waals surface area contributed by atoms with E-state index in [1.54, 1.807) is 7.11 Å². The van der Waals surface area contributed by atoms with E-state index in [1.807, 2.05) is 30.5 Å². The highest BCUT2D eigenvalue weighted by Crippen LogP contribution is 2.47. The van der Waals surface area contributed by atoms with Gasteiger partial charge in [0.1, 0.15) is 5.75 Å². The van der Waals surface area contributed by atoms with Crippen LogP contribution in [0.25, 0.3) is 0 Å². The Labute approximate surface area is 174 Å². The first-order valence-electron chi connectivity index (χ1n) is 10.3. The number of para-hydroxylation sites is 1. The third-order valence-corrected chi connectivity index (χ3v) is 5.33. The Balaban J connectivity index is 1.80. The number of rotatable bonds is 9. The molecular weight excluding hydrogens is 362 g/mol. The van der Waals surface area contributed by atoms with Crippen LogP contribution in [-0.2, 0) is 10.2 Å². The number of methoxy groups -OCH3 is 1. The molecule has 0 amide bonds. The molecule has 0 fully saturated rings. The fourth-order valence-electron chi connectivity index (χ4n) is 3.62. The summed E-state index contributed by atoms with van der Waals surface area (Å²) in [6.07, 6.45) is 4.13. The zero-order chi connectivity index (χ0) is 20.7. The van der Waals surface area contributed by atoms with Crippen molar-refractivity contribution in [1.82, 2.24) is 0 Å². The van der Waals surface area contributed by atoms with Crippen molar-refractivity contribution in [3.8, 4) is 5.75 Å². The van der Waals surface area contributed by atoms with Crippen molar-refractivity contribution < 1.29 is 9.47 Å². The maximum absolute atomic E-state index is 5.83. The van der Waals surface area contributed by atoms with Gasteiger partial charge in [-0.25, -0.2) is 0 Å². The standard InChI is InChI=1S/C24H31N3O2/c1-5-6-16-29-17-15-27-22-10-8-7-9-21(22)24(2,3)23(27)18-25-26-19-11-13-20(28-4)14-12-19/h7-14,18H,5-6,15-17H2,1-4H3/b23-18+,26-25?. The number of unbranched alkanes of at least 4 members (excludes halogenated alkanes) is 1. The van der Waals surface area contributed by atoms with Gasteiger partial charge in [0.25, 0.3) is 0 Å². The molecule has 0 bridgehead atoms. The molecule has 0 radical (unpaired) electrons. The fraction of sp³-hybridized carbons (Fsp3) is 0.417. The average Bonchev–Trinajstić information content (AvgIpc) is 2.95. The molecule has 0 saturated carbocycles. The van der Waals surface area contributed by atoms with Crippen molar-refractivity contribution in [3.63, 3.8) is 0 Å². The molecule has 2 aromatic carbocycles. The zero-order valence-corrected chi connectivity index (χ0v) is 17.9. The van der Waals surface area contributed by atoms with E-state index in [0.29, 0.717) is 6.61 Å². The van der Waals surface area contributed by atoms with Crippen molar-refractivity contribution in [1.29, 1.82) is 0 Å². The van der Waals surface area contributed by atoms with Crippen LogP contribution in [0, 0.1) is 0 Å². The summed E-state index contributed by atoms with van der Waals surface area (Å²) in [5.74, 6) is 0.809. The number of azo groups is 1. The number of anilines is 1. The van der Waals surface area contributed by atoms with Crippen molar-refractivity contribution in [2.24, 2.45) is 10.2 Å². The second-order valence-corrected chi connectivity index (χ2v) is 7.69. The van der Waals surface area contributed by atoms with Gasteiger partial charge in [-0.15, -0.1) is 0 Å². The second kappa shape index (κ2) is 9.70. The maximum Gasteiger partial charge on any atom is 0.119 e. The molecule has 0 atom stereocenters. The lowest BCUT2D eigenvalue weighted by molar-refractivity contribution is 0.138. The molecule has 1 aliphatic heterocycles. The molecule has 29 heavy (non-hydrogen) atoms. The Bertz CT molecular complexity index is 857. The van der Waals surface area contributed by atoms with E-state index in [0.717, 1.165) is 43.1 Å². The van der Waals surface area contributed by atoms with Gasteiger partial charge in [-0.1, -0.05) is 45.4 Å². The maximum atomic E-state index is 5.83. The molecule has 0 aliphatic carbocycles. The Hall–Kier alpha value is -2.66. The summed E-state index contributed by atoms with van der Waals surface area (Å²) < 4.78 is 11.0. The molecule has 0 spiro atoms. The quantitative estimate of drug-likeness (QED) is 0.374. The molecule has 3 rings (SSSR count). The van der Waals surface area contributed by atoms with Crippen LogP contribution >= 0.6 is 0 Å². The molecule has 5 nitrogen and oxygen atoms in total. The third-order valence-electron chi connectivity index (χ3n) is 5.33.